The van der Waals surface area contributed by atoms with E-state index in [9.17, 15) is 9.59 Å². The molecule has 0 atom stereocenters. The normalized spacial score (nSPS) is 16.7. The Kier molecular flexibility index (Phi) is 22.5. The van der Waals surface area contributed by atoms with Crippen molar-refractivity contribution in [1.29, 1.82) is 0 Å². The smallest absolute Gasteiger partial charge is 0.266 e. The van der Waals surface area contributed by atoms with Crippen LogP contribution in [0.5, 0.6) is 0 Å². The summed E-state index contributed by atoms with van der Waals surface area (Å²) in [6.45, 7) is 14.4. The molecular formula is C72H88N6O2S8. The Bertz CT molecular complexity index is 3460. The van der Waals surface area contributed by atoms with Crippen LogP contribution in [0.2, 0.25) is 0 Å². The van der Waals surface area contributed by atoms with E-state index in [0.29, 0.717) is 31.5 Å². The fourth-order valence-electron chi connectivity index (χ4n) is 14.6. The molecule has 466 valence electrons. The average Bonchev–Trinajstić information content (AvgIpc) is 1.60. The average molecular weight is 1330 g/mol. The highest BCUT2D eigenvalue weighted by Gasteiger charge is 2.50. The van der Waals surface area contributed by atoms with Crippen LogP contribution in [0.4, 0.5) is 0 Å². The van der Waals surface area contributed by atoms with E-state index in [2.05, 4.69) is 76.2 Å². The van der Waals surface area contributed by atoms with Crippen LogP contribution in [-0.2, 0) is 20.4 Å². The van der Waals surface area contributed by atoms with Gasteiger partial charge in [0.05, 0.1) is 33.3 Å². The van der Waals surface area contributed by atoms with Gasteiger partial charge in [-0.1, -0.05) is 254 Å². The van der Waals surface area contributed by atoms with Crippen molar-refractivity contribution in [2.75, 3.05) is 13.1 Å². The molecule has 2 amide bonds. The van der Waals surface area contributed by atoms with Crippen molar-refractivity contribution in [2.45, 2.75) is 232 Å². The first kappa shape index (κ1) is 65.5. The van der Waals surface area contributed by atoms with Gasteiger partial charge in [0.25, 0.3) is 11.8 Å². The fourth-order valence-corrected chi connectivity index (χ4v) is 21.1. The molecule has 0 saturated carbocycles. The Morgan fingerprint density at radius 1 is 0.409 bits per heavy atom. The molecule has 16 heteroatoms. The minimum absolute atomic E-state index is 0.0365. The van der Waals surface area contributed by atoms with Gasteiger partial charge in [0.2, 0.25) is 0 Å². The van der Waals surface area contributed by atoms with Crippen molar-refractivity contribution in [3.63, 3.8) is 0 Å². The van der Waals surface area contributed by atoms with E-state index in [1.165, 1.54) is 243 Å². The van der Waals surface area contributed by atoms with Gasteiger partial charge in [-0.05, 0) is 109 Å². The molecule has 7 aromatic rings. The maximum absolute atomic E-state index is 13.5. The summed E-state index contributed by atoms with van der Waals surface area (Å²) in [6, 6.07) is 19.6. The van der Waals surface area contributed by atoms with Crippen molar-refractivity contribution in [2.24, 2.45) is 0 Å². The SMILES string of the molecule is CCCCCCCCC1(CCCCCCCC)c2cc3c(cc2-c2sc(-c4ccc(/C=C5/SC(=S)N(CC)C5=O)c5nsnc45)cc21)C(CCCCCCCC)(CCCCCCCC)c1cc(-c2ccc(/C=C4/SC(=S)N(CC)C4=O)c4nsnc24)sc1-3. The van der Waals surface area contributed by atoms with Crippen LogP contribution in [-0.4, -0.2) is 60.8 Å². The quantitative estimate of drug-likeness (QED) is 0.0221. The largest absolute Gasteiger partial charge is 0.293 e. The third kappa shape index (κ3) is 13.2. The van der Waals surface area contributed by atoms with E-state index in [4.69, 9.17) is 41.9 Å². The number of thiocarbonyl (C=S) groups is 2. The molecular weight excluding hydrogens is 1240 g/mol. The van der Waals surface area contributed by atoms with Crippen molar-refractivity contribution in [3.05, 3.63) is 91.7 Å². The van der Waals surface area contributed by atoms with Crippen molar-refractivity contribution < 1.29 is 9.59 Å². The van der Waals surface area contributed by atoms with E-state index in [1.807, 2.05) is 48.7 Å². The fraction of sp³-hybridized carbons (Fsp3) is 0.528. The first-order valence-corrected chi connectivity index (χ1v) is 39.1. The van der Waals surface area contributed by atoms with E-state index >= 15 is 0 Å². The second-order valence-corrected chi connectivity index (χ2v) is 31.6. The Morgan fingerprint density at radius 2 is 0.739 bits per heavy atom. The van der Waals surface area contributed by atoms with Gasteiger partial charge in [0.15, 0.2) is 0 Å². The highest BCUT2D eigenvalue weighted by atomic mass is 32.2. The van der Waals surface area contributed by atoms with Gasteiger partial charge in [-0.15, -0.1) is 22.7 Å². The van der Waals surface area contributed by atoms with Crippen LogP contribution >= 0.6 is 94.1 Å². The number of hydrogen-bond donors (Lipinski definition) is 0. The first-order chi connectivity index (χ1) is 43.0. The lowest BCUT2D eigenvalue weighted by Crippen LogP contribution is -2.27. The Hall–Kier alpha value is -4.00. The number of rotatable bonds is 34. The maximum Gasteiger partial charge on any atom is 0.266 e. The van der Waals surface area contributed by atoms with Crippen LogP contribution < -0.4 is 0 Å². The zero-order chi connectivity index (χ0) is 61.4. The molecule has 0 radical (unpaired) electrons. The molecule has 0 unspecified atom stereocenters. The summed E-state index contributed by atoms with van der Waals surface area (Å²) in [5.41, 5.74) is 16.4. The highest BCUT2D eigenvalue weighted by Crippen LogP contribution is 2.65. The number of hydrogen-bond acceptors (Lipinski definition) is 14. The highest BCUT2D eigenvalue weighted by molar-refractivity contribution is 8.27. The summed E-state index contributed by atoms with van der Waals surface area (Å²) >= 11 is 20.5. The van der Waals surface area contributed by atoms with E-state index in [0.717, 1.165) is 70.0 Å². The summed E-state index contributed by atoms with van der Waals surface area (Å²) in [5, 5.41) is 0. The maximum atomic E-state index is 13.5. The molecule has 6 heterocycles. The third-order valence-corrected chi connectivity index (χ3v) is 25.6. The summed E-state index contributed by atoms with van der Waals surface area (Å²) in [5.74, 6) is -0.0729. The predicted octanol–water partition coefficient (Wildman–Crippen LogP) is 23.1. The minimum atomic E-state index is -0.138. The lowest BCUT2D eigenvalue weighted by Gasteiger charge is -2.34. The predicted molar refractivity (Wildman–Crippen MR) is 391 cm³/mol. The number of fused-ring (bicyclic) bond motifs is 8. The number of benzene rings is 3. The van der Waals surface area contributed by atoms with Gasteiger partial charge in [0.1, 0.15) is 30.7 Å². The van der Waals surface area contributed by atoms with Gasteiger partial charge < -0.3 is 0 Å². The molecule has 0 bridgehead atoms. The number of amides is 2. The topological polar surface area (TPSA) is 92.2 Å². The molecule has 11 rings (SSSR count). The van der Waals surface area contributed by atoms with Gasteiger partial charge in [0, 0.05) is 65.7 Å². The van der Waals surface area contributed by atoms with Gasteiger partial charge in [-0.2, -0.15) is 17.5 Å². The molecule has 88 heavy (non-hydrogen) atoms. The van der Waals surface area contributed by atoms with E-state index in [1.54, 1.807) is 20.9 Å². The van der Waals surface area contributed by atoms with Crippen LogP contribution in [0.3, 0.4) is 0 Å². The molecule has 2 aliphatic heterocycles. The number of likely N-dealkylation sites (N-methyl/N-ethyl adjacent to an activating group) is 2. The molecule has 2 fully saturated rings. The Morgan fingerprint density at radius 3 is 1.07 bits per heavy atom. The Balaban J connectivity index is 1.07. The number of thioether (sulfide) groups is 2. The van der Waals surface area contributed by atoms with Crippen LogP contribution in [0.25, 0.3) is 76.0 Å². The third-order valence-electron chi connectivity index (χ3n) is 19.4. The van der Waals surface area contributed by atoms with Gasteiger partial charge in [-0.3, -0.25) is 19.4 Å². The first-order valence-electron chi connectivity index (χ1n) is 33.5. The summed E-state index contributed by atoms with van der Waals surface area (Å²) < 4.78 is 21.2. The van der Waals surface area contributed by atoms with Crippen molar-refractivity contribution >= 4 is 149 Å². The van der Waals surface area contributed by atoms with Crippen molar-refractivity contribution in [3.8, 4) is 41.8 Å². The van der Waals surface area contributed by atoms with Crippen molar-refractivity contribution in [1.82, 2.24) is 27.3 Å². The number of unbranched alkanes of at least 4 members (excludes halogenated alkanes) is 20. The lowest BCUT2D eigenvalue weighted by molar-refractivity contribution is -0.122. The zero-order valence-electron chi connectivity index (χ0n) is 52.8. The second kappa shape index (κ2) is 30.2. The number of thiophene rings is 2. The molecule has 8 nitrogen and oxygen atoms in total. The number of nitrogens with zero attached hydrogens (tertiary/aromatic N) is 6. The summed E-state index contributed by atoms with van der Waals surface area (Å²) in [6.07, 6.45) is 38.9. The monoisotopic (exact) mass is 1320 g/mol. The van der Waals surface area contributed by atoms with E-state index in [-0.39, 0.29) is 22.6 Å². The lowest BCUT2D eigenvalue weighted by atomic mass is 9.68. The number of aromatic nitrogens is 4. The molecule has 4 aliphatic rings. The molecule has 0 spiro atoms. The van der Waals surface area contributed by atoms with Crippen LogP contribution in [0.15, 0.2) is 58.3 Å². The molecule has 3 aromatic carbocycles. The standard InChI is InChI=1S/C72H88N6O2S8/c1-7-13-17-21-25-29-37-71(38-30-26-22-18-14-8-2)53-43-52-54(44-51(53)65-55(71)45-57(83-65)49-35-33-47(61-63(49)75-87-73-61)41-59-67(79)77(11-5)69(81)85-59)72(39-31-27-23-19-15-9-3,40-32-28-24-20-16-10-4)56-46-58(84-66(52)56)50-36-34-48(62-64(50)76-88-74-62)42-60-68(80)78(12-6)70(82)86-60/h33-36,41-46H,7-32,37-40H2,1-6H3/b59-41+,60-42+. The molecule has 2 saturated heterocycles. The zero-order valence-corrected chi connectivity index (χ0v) is 59.3. The van der Waals surface area contributed by atoms with E-state index < -0.39 is 0 Å². The molecule has 0 N–H and O–H groups in total. The molecule has 2 aliphatic carbocycles. The summed E-state index contributed by atoms with van der Waals surface area (Å²) in [4.78, 5) is 37.0. The molecule has 4 aromatic heterocycles. The minimum Gasteiger partial charge on any atom is -0.293 e. The second-order valence-electron chi connectivity index (χ2n) is 25.1. The van der Waals surface area contributed by atoms with Crippen LogP contribution in [0.1, 0.15) is 255 Å². The number of carbonyl (C=O) groups excluding carboxylic acids is 2. The summed E-state index contributed by atoms with van der Waals surface area (Å²) in [7, 11) is 0. The Labute approximate surface area is 559 Å². The van der Waals surface area contributed by atoms with Gasteiger partial charge >= 0.3 is 0 Å². The van der Waals surface area contributed by atoms with Crippen LogP contribution in [0, 0.1) is 0 Å². The number of carbonyl (C=O) groups is 2. The van der Waals surface area contributed by atoms with Gasteiger partial charge in [-0.25, -0.2) is 0 Å².